The largest absolute Gasteiger partial charge is 0.497 e. The first-order valence-electron chi connectivity index (χ1n) is 8.65. The van der Waals surface area contributed by atoms with Crippen LogP contribution < -0.4 is 20.9 Å². The lowest BCUT2D eigenvalue weighted by molar-refractivity contribution is 0.0656. The number of ether oxygens (including phenoxy) is 2. The number of carbonyl (C=O) groups is 1. The van der Waals surface area contributed by atoms with E-state index in [2.05, 4.69) is 16.2 Å². The molecule has 0 aliphatic heterocycles. The minimum Gasteiger partial charge on any atom is -0.497 e. The number of thiocarbonyl (C=S) groups is 1. The van der Waals surface area contributed by atoms with Gasteiger partial charge in [-0.15, -0.1) is 0 Å². The number of amides is 1. The molecule has 2 aromatic rings. The van der Waals surface area contributed by atoms with Crippen LogP contribution in [0.3, 0.4) is 0 Å². The van der Waals surface area contributed by atoms with Gasteiger partial charge in [-0.1, -0.05) is 24.3 Å². The summed E-state index contributed by atoms with van der Waals surface area (Å²) in [6.07, 6.45) is 0.170. The molecule has 0 radical (unpaired) electrons. The van der Waals surface area contributed by atoms with Crippen LogP contribution in [0.15, 0.2) is 48.5 Å². The summed E-state index contributed by atoms with van der Waals surface area (Å²) in [6, 6.07) is 14.9. The smallest absolute Gasteiger partial charge is 0.269 e. The number of benzene rings is 2. The monoisotopic (exact) mass is 387 g/mol. The summed E-state index contributed by atoms with van der Waals surface area (Å²) in [5.74, 6) is 0.536. The number of hydrogen-bond donors (Lipinski definition) is 3. The summed E-state index contributed by atoms with van der Waals surface area (Å²) in [5, 5.41) is 3.36. The summed E-state index contributed by atoms with van der Waals surface area (Å²) in [7, 11) is 1.63. The van der Waals surface area contributed by atoms with Crippen molar-refractivity contribution in [1.29, 1.82) is 0 Å². The Bertz CT molecular complexity index is 746. The molecular formula is C20H25N3O3S. The first-order valence-corrected chi connectivity index (χ1v) is 9.06. The van der Waals surface area contributed by atoms with Crippen molar-refractivity contribution in [2.75, 3.05) is 7.11 Å². The maximum absolute atomic E-state index is 12.2. The van der Waals surface area contributed by atoms with Gasteiger partial charge in [0.05, 0.1) is 19.8 Å². The number of carbonyl (C=O) groups excluding carboxylic acids is 1. The van der Waals surface area contributed by atoms with E-state index < -0.39 is 0 Å². The van der Waals surface area contributed by atoms with E-state index in [0.29, 0.717) is 23.8 Å². The molecule has 2 aromatic carbocycles. The van der Waals surface area contributed by atoms with E-state index in [1.165, 1.54) is 0 Å². The van der Waals surface area contributed by atoms with Gasteiger partial charge in [0.2, 0.25) is 0 Å². The molecule has 0 saturated carbocycles. The number of hydrogen-bond acceptors (Lipinski definition) is 4. The number of methoxy groups -OCH3 is 1. The second-order valence-corrected chi connectivity index (χ2v) is 6.57. The fourth-order valence-electron chi connectivity index (χ4n) is 2.17. The zero-order chi connectivity index (χ0) is 19.6. The van der Waals surface area contributed by atoms with Gasteiger partial charge in [-0.25, -0.2) is 0 Å². The molecule has 0 spiro atoms. The van der Waals surface area contributed by atoms with Gasteiger partial charge in [-0.05, 0) is 61.5 Å². The Kier molecular flexibility index (Phi) is 8.03. The maximum Gasteiger partial charge on any atom is 0.269 e. The standard InChI is InChI=1S/C20H25N3O3S/c1-14(2)26-13-16-4-8-17(9-5-16)19(24)22-23-20(27)21-12-15-6-10-18(25-3)11-7-15/h4-11,14H,12-13H2,1-3H3,(H,22,24)(H2,21,23,27). The van der Waals surface area contributed by atoms with Gasteiger partial charge < -0.3 is 14.8 Å². The molecule has 0 atom stereocenters. The third-order valence-corrected chi connectivity index (χ3v) is 3.95. The van der Waals surface area contributed by atoms with Crippen molar-refractivity contribution in [3.05, 3.63) is 65.2 Å². The summed E-state index contributed by atoms with van der Waals surface area (Å²) < 4.78 is 10.7. The molecule has 27 heavy (non-hydrogen) atoms. The van der Waals surface area contributed by atoms with Crippen LogP contribution >= 0.6 is 12.2 Å². The molecule has 0 unspecified atom stereocenters. The van der Waals surface area contributed by atoms with Gasteiger partial charge >= 0.3 is 0 Å². The highest BCUT2D eigenvalue weighted by Crippen LogP contribution is 2.11. The number of hydrazine groups is 1. The highest BCUT2D eigenvalue weighted by atomic mass is 32.1. The van der Waals surface area contributed by atoms with E-state index in [-0.39, 0.29) is 12.0 Å². The first kappa shape index (κ1) is 20.7. The molecular weight excluding hydrogens is 362 g/mol. The molecule has 0 aromatic heterocycles. The van der Waals surface area contributed by atoms with Crippen molar-refractivity contribution in [3.63, 3.8) is 0 Å². The SMILES string of the molecule is COc1ccc(CNC(=S)NNC(=O)c2ccc(COC(C)C)cc2)cc1. The Balaban J connectivity index is 1.74. The van der Waals surface area contributed by atoms with Crippen LogP contribution in [0, 0.1) is 0 Å². The molecule has 0 heterocycles. The summed E-state index contributed by atoms with van der Waals surface area (Å²) in [4.78, 5) is 12.2. The lowest BCUT2D eigenvalue weighted by Gasteiger charge is -2.12. The second kappa shape index (κ2) is 10.5. The normalized spacial score (nSPS) is 10.4. The lowest BCUT2D eigenvalue weighted by atomic mass is 10.1. The van der Waals surface area contributed by atoms with Crippen LogP contribution in [0.4, 0.5) is 0 Å². The molecule has 0 fully saturated rings. The molecule has 6 nitrogen and oxygen atoms in total. The van der Waals surface area contributed by atoms with Gasteiger partial charge in [0, 0.05) is 12.1 Å². The Morgan fingerprint density at radius 3 is 2.22 bits per heavy atom. The van der Waals surface area contributed by atoms with E-state index in [1.807, 2.05) is 50.2 Å². The Labute approximate surface area is 165 Å². The highest BCUT2D eigenvalue weighted by Gasteiger charge is 2.06. The Hall–Kier alpha value is -2.64. The molecule has 1 amide bonds. The molecule has 0 aliphatic carbocycles. The highest BCUT2D eigenvalue weighted by molar-refractivity contribution is 7.80. The molecule has 2 rings (SSSR count). The third-order valence-electron chi connectivity index (χ3n) is 3.70. The topological polar surface area (TPSA) is 71.6 Å². The number of rotatable bonds is 7. The van der Waals surface area contributed by atoms with Crippen LogP contribution in [0.5, 0.6) is 5.75 Å². The molecule has 0 saturated heterocycles. The van der Waals surface area contributed by atoms with Crippen molar-refractivity contribution in [2.45, 2.75) is 33.1 Å². The molecule has 0 aliphatic rings. The fourth-order valence-corrected chi connectivity index (χ4v) is 2.29. The van der Waals surface area contributed by atoms with Crippen molar-refractivity contribution < 1.29 is 14.3 Å². The average molecular weight is 388 g/mol. The van der Waals surface area contributed by atoms with Crippen LogP contribution in [-0.4, -0.2) is 24.2 Å². The minimum absolute atomic E-state index is 0.170. The van der Waals surface area contributed by atoms with Gasteiger partial charge in [-0.2, -0.15) is 0 Å². The second-order valence-electron chi connectivity index (χ2n) is 6.17. The predicted octanol–water partition coefficient (Wildman–Crippen LogP) is 2.93. The third kappa shape index (κ3) is 7.24. The molecule has 7 heteroatoms. The fraction of sp³-hybridized carbons (Fsp3) is 0.300. The van der Waals surface area contributed by atoms with Crippen LogP contribution in [0.2, 0.25) is 0 Å². The molecule has 3 N–H and O–H groups in total. The number of nitrogens with one attached hydrogen (secondary N) is 3. The molecule has 0 bridgehead atoms. The summed E-state index contributed by atoms with van der Waals surface area (Å²) in [6.45, 7) is 5.03. The van der Waals surface area contributed by atoms with E-state index >= 15 is 0 Å². The zero-order valence-corrected chi connectivity index (χ0v) is 16.6. The predicted molar refractivity (Wildman–Crippen MR) is 109 cm³/mol. The van der Waals surface area contributed by atoms with Crippen LogP contribution in [0.25, 0.3) is 0 Å². The van der Waals surface area contributed by atoms with Crippen molar-refractivity contribution in [2.24, 2.45) is 0 Å². The Morgan fingerprint density at radius 2 is 1.63 bits per heavy atom. The minimum atomic E-state index is -0.264. The van der Waals surface area contributed by atoms with Gasteiger partial charge in [-0.3, -0.25) is 15.6 Å². The van der Waals surface area contributed by atoms with E-state index in [0.717, 1.165) is 16.9 Å². The van der Waals surface area contributed by atoms with E-state index in [9.17, 15) is 4.79 Å². The summed E-state index contributed by atoms with van der Waals surface area (Å²) >= 11 is 5.17. The van der Waals surface area contributed by atoms with Crippen LogP contribution in [0.1, 0.15) is 35.3 Å². The lowest BCUT2D eigenvalue weighted by Crippen LogP contribution is -2.46. The van der Waals surface area contributed by atoms with E-state index in [1.54, 1.807) is 19.2 Å². The van der Waals surface area contributed by atoms with Gasteiger partial charge in [0.15, 0.2) is 5.11 Å². The average Bonchev–Trinajstić information content (AvgIpc) is 2.69. The van der Waals surface area contributed by atoms with Gasteiger partial charge in [0.1, 0.15) is 5.75 Å². The maximum atomic E-state index is 12.2. The molecule has 144 valence electrons. The van der Waals surface area contributed by atoms with Crippen LogP contribution in [-0.2, 0) is 17.9 Å². The Morgan fingerprint density at radius 1 is 1.00 bits per heavy atom. The summed E-state index contributed by atoms with van der Waals surface area (Å²) in [5.41, 5.74) is 7.88. The zero-order valence-electron chi connectivity index (χ0n) is 15.7. The van der Waals surface area contributed by atoms with Crippen molar-refractivity contribution >= 4 is 23.2 Å². The quantitative estimate of drug-likeness (QED) is 0.501. The van der Waals surface area contributed by atoms with Crippen molar-refractivity contribution in [3.8, 4) is 5.75 Å². The van der Waals surface area contributed by atoms with Gasteiger partial charge in [0.25, 0.3) is 5.91 Å². The van der Waals surface area contributed by atoms with Crippen molar-refractivity contribution in [1.82, 2.24) is 16.2 Å². The first-order chi connectivity index (χ1) is 13.0. The van der Waals surface area contributed by atoms with E-state index in [4.69, 9.17) is 21.7 Å².